The second-order valence-corrected chi connectivity index (χ2v) is 6.11. The van der Waals surface area contributed by atoms with Crippen LogP contribution in [0.1, 0.15) is 42.1 Å². The first kappa shape index (κ1) is 15.3. The summed E-state index contributed by atoms with van der Waals surface area (Å²) in [5.41, 5.74) is 2.00. The lowest BCUT2D eigenvalue weighted by Crippen LogP contribution is -2.34. The number of hydrogen-bond donors (Lipinski definition) is 2. The number of halogens is 1. The molecule has 110 valence electrons. The quantitative estimate of drug-likeness (QED) is 0.873. The Bertz CT molecular complexity index is 504. The normalized spacial score (nSPS) is 22.6. The van der Waals surface area contributed by atoms with Gasteiger partial charge >= 0.3 is 5.97 Å². The summed E-state index contributed by atoms with van der Waals surface area (Å²) >= 11 is 3.38. The van der Waals surface area contributed by atoms with E-state index < -0.39 is 5.97 Å². The first-order valence-electron chi connectivity index (χ1n) is 6.92. The van der Waals surface area contributed by atoms with Gasteiger partial charge in [-0.3, -0.25) is 0 Å². The van der Waals surface area contributed by atoms with E-state index in [2.05, 4.69) is 28.2 Å². The van der Waals surface area contributed by atoms with Gasteiger partial charge in [-0.25, -0.2) is 4.79 Å². The molecule has 0 spiro atoms. The number of ether oxygens (including phenoxy) is 1. The molecule has 1 heterocycles. The minimum atomic E-state index is -0.898. The van der Waals surface area contributed by atoms with E-state index in [1.807, 2.05) is 13.0 Å². The topological polar surface area (TPSA) is 58.6 Å². The molecule has 1 aromatic rings. The molecule has 20 heavy (non-hydrogen) atoms. The van der Waals surface area contributed by atoms with E-state index in [1.165, 1.54) is 0 Å². The second-order valence-electron chi connectivity index (χ2n) is 5.20. The van der Waals surface area contributed by atoms with E-state index in [4.69, 9.17) is 4.74 Å². The molecular weight excluding hydrogens is 322 g/mol. The molecule has 1 aliphatic heterocycles. The van der Waals surface area contributed by atoms with Crippen LogP contribution in [0.4, 0.5) is 5.69 Å². The maximum Gasteiger partial charge on any atom is 0.336 e. The summed E-state index contributed by atoms with van der Waals surface area (Å²) < 4.78 is 6.45. The molecular formula is C15H20BrNO3. The molecule has 4 nitrogen and oxygen atoms in total. The molecule has 0 aromatic heterocycles. The molecule has 0 aliphatic carbocycles. The largest absolute Gasteiger partial charge is 0.478 e. The molecule has 1 aromatic carbocycles. The first-order chi connectivity index (χ1) is 9.51. The van der Waals surface area contributed by atoms with Crippen molar-refractivity contribution in [3.63, 3.8) is 0 Å². The SMILES string of the molecule is CCC1CC(Nc2cc(Br)cc(C(=O)O)c2C)CCO1. The summed E-state index contributed by atoms with van der Waals surface area (Å²) in [6.07, 6.45) is 3.22. The van der Waals surface area contributed by atoms with Crippen molar-refractivity contribution in [3.05, 3.63) is 27.7 Å². The fourth-order valence-corrected chi connectivity index (χ4v) is 3.02. The van der Waals surface area contributed by atoms with Crippen LogP contribution in [0.25, 0.3) is 0 Å². The van der Waals surface area contributed by atoms with Gasteiger partial charge in [0.2, 0.25) is 0 Å². The van der Waals surface area contributed by atoms with E-state index in [-0.39, 0.29) is 0 Å². The molecule has 2 atom stereocenters. The zero-order valence-corrected chi connectivity index (χ0v) is 13.4. The predicted octanol–water partition coefficient (Wildman–Crippen LogP) is 3.83. The van der Waals surface area contributed by atoms with Crippen molar-refractivity contribution in [2.45, 2.75) is 45.3 Å². The predicted molar refractivity (Wildman–Crippen MR) is 82.5 cm³/mol. The van der Waals surface area contributed by atoms with Crippen LogP contribution in [0.15, 0.2) is 16.6 Å². The van der Waals surface area contributed by atoms with Gasteiger partial charge in [-0.15, -0.1) is 0 Å². The molecule has 0 bridgehead atoms. The Morgan fingerprint density at radius 1 is 1.55 bits per heavy atom. The number of carboxylic acid groups (broad SMARTS) is 1. The van der Waals surface area contributed by atoms with Gasteiger partial charge in [0.05, 0.1) is 11.7 Å². The summed E-state index contributed by atoms with van der Waals surface area (Å²) in [5.74, 6) is -0.898. The summed E-state index contributed by atoms with van der Waals surface area (Å²) in [6.45, 7) is 4.73. The molecule has 2 N–H and O–H groups in total. The Morgan fingerprint density at radius 3 is 2.95 bits per heavy atom. The molecule has 5 heteroatoms. The maximum absolute atomic E-state index is 11.2. The van der Waals surface area contributed by atoms with E-state index in [9.17, 15) is 9.90 Å². The van der Waals surface area contributed by atoms with Crippen LogP contribution in [-0.4, -0.2) is 29.8 Å². The minimum absolute atomic E-state index is 0.299. The number of benzene rings is 1. The first-order valence-corrected chi connectivity index (χ1v) is 7.72. The molecule has 1 aliphatic rings. The Morgan fingerprint density at radius 2 is 2.30 bits per heavy atom. The Hall–Kier alpha value is -1.07. The van der Waals surface area contributed by atoms with Crippen LogP contribution >= 0.6 is 15.9 Å². The van der Waals surface area contributed by atoms with Gasteiger partial charge in [-0.2, -0.15) is 0 Å². The highest BCUT2D eigenvalue weighted by atomic mass is 79.9. The van der Waals surface area contributed by atoms with Crippen LogP contribution in [0.2, 0.25) is 0 Å². The van der Waals surface area contributed by atoms with Crippen molar-refractivity contribution in [2.24, 2.45) is 0 Å². The highest BCUT2D eigenvalue weighted by Crippen LogP contribution is 2.28. The van der Waals surface area contributed by atoms with Gasteiger partial charge in [0.15, 0.2) is 0 Å². The standard InChI is InChI=1S/C15H20BrNO3/c1-3-12-8-11(4-5-20-12)17-14-7-10(16)6-13(9(14)2)15(18)19/h6-7,11-12,17H,3-5,8H2,1-2H3,(H,18,19). The number of aromatic carboxylic acids is 1. The van der Waals surface area contributed by atoms with Crippen LogP contribution in [0.5, 0.6) is 0 Å². The second kappa shape index (κ2) is 6.59. The van der Waals surface area contributed by atoms with E-state index in [0.717, 1.165) is 41.6 Å². The summed E-state index contributed by atoms with van der Waals surface area (Å²) in [6, 6.07) is 3.92. The van der Waals surface area contributed by atoms with E-state index >= 15 is 0 Å². The molecule has 0 amide bonds. The summed E-state index contributed by atoms with van der Waals surface area (Å²) in [5, 5.41) is 12.7. The van der Waals surface area contributed by atoms with E-state index in [1.54, 1.807) is 6.07 Å². The van der Waals surface area contributed by atoms with Crippen molar-refractivity contribution in [1.29, 1.82) is 0 Å². The summed E-state index contributed by atoms with van der Waals surface area (Å²) in [7, 11) is 0. The molecule has 2 rings (SSSR count). The monoisotopic (exact) mass is 341 g/mol. The third-order valence-corrected chi connectivity index (χ3v) is 4.24. The van der Waals surface area contributed by atoms with Crippen LogP contribution in [-0.2, 0) is 4.74 Å². The van der Waals surface area contributed by atoms with Gasteiger partial charge in [-0.1, -0.05) is 22.9 Å². The third-order valence-electron chi connectivity index (χ3n) is 3.79. The van der Waals surface area contributed by atoms with Gasteiger partial charge in [0.25, 0.3) is 0 Å². The molecule has 0 saturated carbocycles. The lowest BCUT2D eigenvalue weighted by Gasteiger charge is -2.31. The number of carboxylic acids is 1. The number of rotatable bonds is 4. The highest BCUT2D eigenvalue weighted by molar-refractivity contribution is 9.10. The van der Waals surface area contributed by atoms with Gasteiger partial charge in [0.1, 0.15) is 0 Å². The van der Waals surface area contributed by atoms with Gasteiger partial charge in [-0.05, 0) is 43.9 Å². The maximum atomic E-state index is 11.2. The highest BCUT2D eigenvalue weighted by Gasteiger charge is 2.22. The number of carbonyl (C=O) groups is 1. The van der Waals surface area contributed by atoms with Crippen LogP contribution in [0, 0.1) is 6.92 Å². The fraction of sp³-hybridized carbons (Fsp3) is 0.533. The van der Waals surface area contributed by atoms with Crippen molar-refractivity contribution in [2.75, 3.05) is 11.9 Å². The number of anilines is 1. The Kier molecular flexibility index (Phi) is 5.05. The lowest BCUT2D eigenvalue weighted by atomic mass is 10.00. The van der Waals surface area contributed by atoms with Crippen LogP contribution < -0.4 is 5.32 Å². The Balaban J connectivity index is 2.18. The van der Waals surface area contributed by atoms with Crippen molar-refractivity contribution in [3.8, 4) is 0 Å². The van der Waals surface area contributed by atoms with Crippen LogP contribution in [0.3, 0.4) is 0 Å². The number of hydrogen-bond acceptors (Lipinski definition) is 3. The summed E-state index contributed by atoms with van der Waals surface area (Å²) in [4.78, 5) is 11.2. The van der Waals surface area contributed by atoms with Crippen molar-refractivity contribution >= 4 is 27.6 Å². The average molecular weight is 342 g/mol. The number of nitrogens with one attached hydrogen (secondary N) is 1. The zero-order chi connectivity index (χ0) is 14.7. The van der Waals surface area contributed by atoms with Gasteiger partial charge in [0, 0.05) is 22.8 Å². The minimum Gasteiger partial charge on any atom is -0.478 e. The molecule has 2 unspecified atom stereocenters. The molecule has 1 fully saturated rings. The molecule has 0 radical (unpaired) electrons. The van der Waals surface area contributed by atoms with Crippen molar-refractivity contribution < 1.29 is 14.6 Å². The van der Waals surface area contributed by atoms with Gasteiger partial charge < -0.3 is 15.2 Å². The van der Waals surface area contributed by atoms with Crippen molar-refractivity contribution in [1.82, 2.24) is 0 Å². The average Bonchev–Trinajstić information content (AvgIpc) is 2.42. The third kappa shape index (κ3) is 3.52. The lowest BCUT2D eigenvalue weighted by molar-refractivity contribution is 0.00924. The Labute approximate surface area is 127 Å². The molecule has 1 saturated heterocycles. The smallest absolute Gasteiger partial charge is 0.336 e. The zero-order valence-electron chi connectivity index (χ0n) is 11.8. The van der Waals surface area contributed by atoms with E-state index in [0.29, 0.717) is 17.7 Å². The fourth-order valence-electron chi connectivity index (χ4n) is 2.57.